The van der Waals surface area contributed by atoms with E-state index in [1.165, 1.54) is 25.7 Å². The number of hydrogen-bond donors (Lipinski definition) is 1. The summed E-state index contributed by atoms with van der Waals surface area (Å²) in [4.78, 5) is 37.5. The van der Waals surface area contributed by atoms with Crippen molar-refractivity contribution in [3.05, 3.63) is 72.9 Å². The van der Waals surface area contributed by atoms with Crippen LogP contribution >= 0.6 is 7.82 Å². The fourth-order valence-electron chi connectivity index (χ4n) is 5.24. The summed E-state index contributed by atoms with van der Waals surface area (Å²) in [5.41, 5.74) is 0. The fraction of sp³-hybridized carbons (Fsp3) is 0.696. The number of hydrogen-bond acceptors (Lipinski definition) is 9. The highest BCUT2D eigenvalue weighted by Gasteiger charge is 2.21. The van der Waals surface area contributed by atoms with Gasteiger partial charge >= 0.3 is 11.9 Å². The molecule has 57 heavy (non-hydrogen) atoms. The molecule has 0 amide bonds. The summed E-state index contributed by atoms with van der Waals surface area (Å²) in [7, 11) is 1.09. The van der Waals surface area contributed by atoms with Crippen molar-refractivity contribution >= 4 is 19.8 Å². The van der Waals surface area contributed by atoms with E-state index in [1.54, 1.807) is 0 Å². The number of allylic oxidation sites excluding steroid dienone is 12. The summed E-state index contributed by atoms with van der Waals surface area (Å²) in [5.74, 6) is -0.942. The number of aliphatic hydroxyl groups excluding tert-OH is 1. The molecule has 0 aromatic carbocycles. The number of likely N-dealkylation sites (N-methyl/N-ethyl adjacent to an activating group) is 1. The van der Waals surface area contributed by atoms with E-state index >= 15 is 0 Å². The predicted molar refractivity (Wildman–Crippen MR) is 232 cm³/mol. The van der Waals surface area contributed by atoms with E-state index in [1.807, 2.05) is 40.2 Å². The molecule has 11 heteroatoms. The number of rotatable bonds is 38. The van der Waals surface area contributed by atoms with Crippen LogP contribution in [0.1, 0.15) is 149 Å². The Kier molecular flexibility index (Phi) is 36.0. The van der Waals surface area contributed by atoms with Crippen molar-refractivity contribution in [1.29, 1.82) is 0 Å². The standard InChI is InChI=1S/C46H80NO9P/c1-6-8-9-10-11-12-13-14-15-19-22-25-28-31-34-37-45(49)53-41-44(42-55-57(51,52)54-40-39-47(3,4)5)56-46(50)38-35-32-29-26-23-20-17-16-18-21-24-27-30-33-36-43(48)7-2/h11-12,14-15,17-18,20-21,26-27,29-30,43-44,48H,6-10,13,16,19,22-25,28,31-42H2,1-5H3/b12-11-,15-14-,20-17-,21-18-,29-26-,30-27-. The fourth-order valence-corrected chi connectivity index (χ4v) is 5.97. The normalized spacial score (nSPS) is 14.9. The van der Waals surface area contributed by atoms with Crippen LogP contribution in [-0.2, 0) is 32.7 Å². The number of aliphatic hydroxyl groups is 1. The predicted octanol–water partition coefficient (Wildman–Crippen LogP) is 10.6. The van der Waals surface area contributed by atoms with Gasteiger partial charge in [-0.25, -0.2) is 0 Å². The minimum absolute atomic E-state index is 0.0533. The van der Waals surface area contributed by atoms with Crippen LogP contribution in [0.5, 0.6) is 0 Å². The molecule has 0 aromatic heterocycles. The number of ether oxygens (including phenoxy) is 2. The van der Waals surface area contributed by atoms with E-state index in [2.05, 4.69) is 67.7 Å². The molecule has 0 rings (SSSR count). The molecular formula is C46H80NO9P. The molecule has 0 fully saturated rings. The minimum Gasteiger partial charge on any atom is -0.756 e. The van der Waals surface area contributed by atoms with Gasteiger partial charge in [-0.2, -0.15) is 0 Å². The number of nitrogens with zero attached hydrogens (tertiary/aromatic N) is 1. The van der Waals surface area contributed by atoms with E-state index in [0.717, 1.165) is 77.0 Å². The molecule has 3 unspecified atom stereocenters. The monoisotopic (exact) mass is 822 g/mol. The molecule has 0 radical (unpaired) electrons. The van der Waals surface area contributed by atoms with Crippen LogP contribution in [0.25, 0.3) is 0 Å². The van der Waals surface area contributed by atoms with Gasteiger partial charge in [-0.15, -0.1) is 0 Å². The second kappa shape index (κ2) is 37.7. The van der Waals surface area contributed by atoms with Crippen LogP contribution in [0.2, 0.25) is 0 Å². The number of esters is 2. The molecular weight excluding hydrogens is 741 g/mol. The summed E-state index contributed by atoms with van der Waals surface area (Å²) in [6, 6.07) is 0. The molecule has 0 aliphatic heterocycles. The highest BCUT2D eigenvalue weighted by molar-refractivity contribution is 7.45. The van der Waals surface area contributed by atoms with Crippen LogP contribution < -0.4 is 4.89 Å². The summed E-state index contributed by atoms with van der Waals surface area (Å²) in [5, 5.41) is 9.57. The molecule has 10 nitrogen and oxygen atoms in total. The van der Waals surface area contributed by atoms with Gasteiger partial charge < -0.3 is 33.0 Å². The zero-order valence-corrected chi connectivity index (χ0v) is 37.3. The highest BCUT2D eigenvalue weighted by atomic mass is 31.2. The molecule has 0 aliphatic carbocycles. The van der Waals surface area contributed by atoms with Gasteiger partial charge in [-0.1, -0.05) is 119 Å². The highest BCUT2D eigenvalue weighted by Crippen LogP contribution is 2.38. The molecule has 0 spiro atoms. The Morgan fingerprint density at radius 1 is 0.632 bits per heavy atom. The van der Waals surface area contributed by atoms with Gasteiger partial charge in [0.25, 0.3) is 7.82 Å². The lowest BCUT2D eigenvalue weighted by atomic mass is 10.1. The second-order valence-corrected chi connectivity index (χ2v) is 16.9. The number of quaternary nitrogens is 1. The molecule has 0 saturated carbocycles. The topological polar surface area (TPSA) is 131 Å². The largest absolute Gasteiger partial charge is 0.756 e. The molecule has 1 N–H and O–H groups in total. The van der Waals surface area contributed by atoms with Gasteiger partial charge in [-0.05, 0) is 89.9 Å². The summed E-state index contributed by atoms with van der Waals surface area (Å²) < 4.78 is 33.8. The first-order valence-electron chi connectivity index (χ1n) is 21.7. The van der Waals surface area contributed by atoms with Gasteiger partial charge in [0.2, 0.25) is 0 Å². The summed E-state index contributed by atoms with van der Waals surface area (Å²) in [6.45, 7) is 3.80. The number of carbonyl (C=O) groups excluding carboxylic acids is 2. The van der Waals surface area contributed by atoms with Crippen molar-refractivity contribution in [2.45, 2.75) is 161 Å². The smallest absolute Gasteiger partial charge is 0.306 e. The van der Waals surface area contributed by atoms with Gasteiger partial charge in [-0.3, -0.25) is 14.2 Å². The quantitative estimate of drug-likeness (QED) is 0.0213. The summed E-state index contributed by atoms with van der Waals surface area (Å²) in [6.07, 6.45) is 43.0. The van der Waals surface area contributed by atoms with E-state index in [-0.39, 0.29) is 32.2 Å². The van der Waals surface area contributed by atoms with Crippen molar-refractivity contribution in [3.63, 3.8) is 0 Å². The van der Waals surface area contributed by atoms with Crippen molar-refractivity contribution < 1.29 is 47.2 Å². The Labute approximate surface area is 347 Å². The zero-order valence-electron chi connectivity index (χ0n) is 36.4. The lowest BCUT2D eigenvalue weighted by Gasteiger charge is -2.28. The van der Waals surface area contributed by atoms with E-state index in [0.29, 0.717) is 30.3 Å². The van der Waals surface area contributed by atoms with E-state index in [9.17, 15) is 24.2 Å². The van der Waals surface area contributed by atoms with E-state index < -0.39 is 32.5 Å². The zero-order chi connectivity index (χ0) is 42.3. The molecule has 0 aliphatic rings. The SMILES string of the molecule is CCCCC/C=C\C/C=C\CCCCCCCC(=O)OCC(COP(=O)([O-])OCC[N+](C)(C)C)OC(=O)CCC/C=C\C/C=C\C/C=C\C/C=C\CCC(O)CC. The van der Waals surface area contributed by atoms with Crippen molar-refractivity contribution in [3.8, 4) is 0 Å². The lowest BCUT2D eigenvalue weighted by molar-refractivity contribution is -0.870. The third-order valence-electron chi connectivity index (χ3n) is 8.86. The summed E-state index contributed by atoms with van der Waals surface area (Å²) >= 11 is 0. The average molecular weight is 822 g/mol. The van der Waals surface area contributed by atoms with Crippen LogP contribution in [0, 0.1) is 0 Å². The van der Waals surface area contributed by atoms with Gasteiger partial charge in [0.05, 0.1) is 33.9 Å². The molecule has 328 valence electrons. The maximum absolute atomic E-state index is 12.6. The van der Waals surface area contributed by atoms with Gasteiger partial charge in [0.1, 0.15) is 19.8 Å². The van der Waals surface area contributed by atoms with Crippen molar-refractivity contribution in [2.75, 3.05) is 47.5 Å². The Morgan fingerprint density at radius 3 is 1.68 bits per heavy atom. The van der Waals surface area contributed by atoms with Gasteiger partial charge in [0.15, 0.2) is 6.10 Å². The number of unbranched alkanes of at least 4 members (excludes halogenated alkanes) is 9. The third-order valence-corrected chi connectivity index (χ3v) is 9.83. The maximum atomic E-state index is 12.6. The van der Waals surface area contributed by atoms with Gasteiger partial charge in [0, 0.05) is 12.8 Å². The molecule has 0 heterocycles. The average Bonchev–Trinajstić information content (AvgIpc) is 3.16. The molecule has 0 aromatic rings. The first-order valence-corrected chi connectivity index (χ1v) is 23.2. The van der Waals surface area contributed by atoms with Crippen molar-refractivity contribution in [1.82, 2.24) is 0 Å². The van der Waals surface area contributed by atoms with Crippen molar-refractivity contribution in [2.24, 2.45) is 0 Å². The van der Waals surface area contributed by atoms with Crippen LogP contribution in [0.3, 0.4) is 0 Å². The first-order chi connectivity index (χ1) is 27.4. The maximum Gasteiger partial charge on any atom is 0.306 e. The lowest BCUT2D eigenvalue weighted by Crippen LogP contribution is -2.37. The Bertz CT molecular complexity index is 1220. The molecule has 3 atom stereocenters. The second-order valence-electron chi connectivity index (χ2n) is 15.5. The Morgan fingerprint density at radius 2 is 1.12 bits per heavy atom. The number of carbonyl (C=O) groups is 2. The third kappa shape index (κ3) is 41.4. The van der Waals surface area contributed by atoms with Crippen LogP contribution in [0.15, 0.2) is 72.9 Å². The van der Waals surface area contributed by atoms with Crippen LogP contribution in [0.4, 0.5) is 0 Å². The van der Waals surface area contributed by atoms with E-state index in [4.69, 9.17) is 18.5 Å². The first kappa shape index (κ1) is 54.4. The minimum atomic E-state index is -4.65. The Hall–Kier alpha value is -2.59. The molecule has 0 saturated heterocycles. The number of phosphoric acid groups is 1. The molecule has 0 bridgehead atoms. The Balaban J connectivity index is 4.52. The van der Waals surface area contributed by atoms with Crippen LogP contribution in [-0.4, -0.2) is 81.2 Å². The number of phosphoric ester groups is 1.